The lowest BCUT2D eigenvalue weighted by atomic mass is 10.2. The first-order valence-corrected chi connectivity index (χ1v) is 4.10. The van der Waals surface area contributed by atoms with Crippen molar-refractivity contribution in [3.63, 3.8) is 0 Å². The van der Waals surface area contributed by atoms with Gasteiger partial charge < -0.3 is 0 Å². The molecule has 1 aromatic rings. The van der Waals surface area contributed by atoms with Crippen LogP contribution in [0.5, 0.6) is 0 Å². The molecule has 1 aromatic heterocycles. The van der Waals surface area contributed by atoms with Crippen LogP contribution in [0.1, 0.15) is 20.7 Å². The van der Waals surface area contributed by atoms with Crippen LogP contribution in [0, 0.1) is 5.82 Å². The summed E-state index contributed by atoms with van der Waals surface area (Å²) in [6.07, 6.45) is 0.890. The van der Waals surface area contributed by atoms with E-state index in [4.69, 9.17) is 0 Å². The molecule has 0 aliphatic carbocycles. The van der Waals surface area contributed by atoms with Crippen molar-refractivity contribution in [1.29, 1.82) is 0 Å². The first-order chi connectivity index (χ1) is 6.11. The third kappa shape index (κ3) is 1.06. The zero-order valence-electron chi connectivity index (χ0n) is 6.10. The lowest BCUT2D eigenvalue weighted by Crippen LogP contribution is -2.20. The molecule has 0 unspecified atom stereocenters. The van der Waals surface area contributed by atoms with E-state index in [1.807, 2.05) is 5.32 Å². The van der Waals surface area contributed by atoms with E-state index >= 15 is 0 Å². The van der Waals surface area contributed by atoms with Crippen LogP contribution < -0.4 is 5.32 Å². The van der Waals surface area contributed by atoms with Gasteiger partial charge >= 0.3 is 0 Å². The summed E-state index contributed by atoms with van der Waals surface area (Å²) in [7, 11) is 0. The Morgan fingerprint density at radius 2 is 1.92 bits per heavy atom. The topological polar surface area (TPSA) is 59.1 Å². The fourth-order valence-corrected chi connectivity index (χ4v) is 1.60. The molecule has 0 atom stereocenters. The van der Waals surface area contributed by atoms with Crippen molar-refractivity contribution in [1.82, 2.24) is 10.3 Å². The van der Waals surface area contributed by atoms with E-state index in [-0.39, 0.29) is 15.7 Å². The van der Waals surface area contributed by atoms with E-state index < -0.39 is 17.6 Å². The van der Waals surface area contributed by atoms with Gasteiger partial charge in [-0.1, -0.05) is 0 Å². The third-order valence-electron chi connectivity index (χ3n) is 1.67. The van der Waals surface area contributed by atoms with Gasteiger partial charge in [-0.2, -0.15) is 0 Å². The number of carbonyl (C=O) groups excluding carboxylic acids is 2. The molecule has 6 heteroatoms. The van der Waals surface area contributed by atoms with Gasteiger partial charge in [-0.25, -0.2) is 9.37 Å². The molecule has 0 aromatic carbocycles. The minimum Gasteiger partial charge on any atom is -0.288 e. The van der Waals surface area contributed by atoms with Crippen LogP contribution >= 0.6 is 15.9 Å². The first-order valence-electron chi connectivity index (χ1n) is 3.31. The Morgan fingerprint density at radius 1 is 1.31 bits per heavy atom. The predicted octanol–water partition coefficient (Wildman–Crippen LogP) is 0.867. The highest BCUT2D eigenvalue weighted by Gasteiger charge is 2.32. The maximum Gasteiger partial charge on any atom is 0.262 e. The van der Waals surface area contributed by atoms with E-state index in [1.54, 1.807) is 0 Å². The standard InChI is InChI=1S/C7H2BrFN2O2/c8-5-4-3(2(9)1-10-5)6(12)11-7(4)13/h1H,(H,11,12,13). The monoisotopic (exact) mass is 244 g/mol. The third-order valence-corrected chi connectivity index (χ3v) is 2.27. The number of aromatic nitrogens is 1. The Labute approximate surface area is 80.3 Å². The Balaban J connectivity index is 2.81. The summed E-state index contributed by atoms with van der Waals surface area (Å²) < 4.78 is 13.2. The van der Waals surface area contributed by atoms with E-state index in [0.717, 1.165) is 6.20 Å². The Kier molecular flexibility index (Phi) is 1.66. The molecule has 0 spiro atoms. The smallest absolute Gasteiger partial charge is 0.262 e. The SMILES string of the molecule is O=C1NC(=O)c2c(Br)ncc(F)c21. The number of nitrogens with zero attached hydrogens (tertiary/aromatic N) is 1. The molecule has 4 nitrogen and oxygen atoms in total. The molecule has 13 heavy (non-hydrogen) atoms. The van der Waals surface area contributed by atoms with Gasteiger partial charge in [0.2, 0.25) is 0 Å². The average molecular weight is 245 g/mol. The summed E-state index contributed by atoms with van der Waals surface area (Å²) in [5.74, 6) is -2.14. The molecule has 1 aliphatic rings. The fraction of sp³-hybridized carbons (Fsp3) is 0. The summed E-state index contributed by atoms with van der Waals surface area (Å²) in [5.41, 5.74) is -0.281. The molecule has 0 radical (unpaired) electrons. The number of pyridine rings is 1. The van der Waals surface area contributed by atoms with Gasteiger partial charge in [0.05, 0.1) is 17.3 Å². The highest BCUT2D eigenvalue weighted by molar-refractivity contribution is 9.10. The summed E-state index contributed by atoms with van der Waals surface area (Å²) in [6.45, 7) is 0. The second kappa shape index (κ2) is 2.59. The number of hydrogen-bond acceptors (Lipinski definition) is 3. The highest BCUT2D eigenvalue weighted by atomic mass is 79.9. The number of carbonyl (C=O) groups is 2. The minimum absolute atomic E-state index is 0.0370. The second-order valence-electron chi connectivity index (χ2n) is 2.43. The lowest BCUT2D eigenvalue weighted by Gasteiger charge is -1.96. The van der Waals surface area contributed by atoms with Crippen molar-refractivity contribution in [3.05, 3.63) is 27.7 Å². The van der Waals surface area contributed by atoms with E-state index in [0.29, 0.717) is 0 Å². The first kappa shape index (κ1) is 8.31. The summed E-state index contributed by atoms with van der Waals surface area (Å²) in [6, 6.07) is 0. The van der Waals surface area contributed by atoms with Crippen LogP contribution in [0.2, 0.25) is 0 Å². The van der Waals surface area contributed by atoms with Crippen LogP contribution in [0.4, 0.5) is 4.39 Å². The molecule has 1 N–H and O–H groups in total. The maximum absolute atomic E-state index is 13.0. The largest absolute Gasteiger partial charge is 0.288 e. The normalized spacial score (nSPS) is 14.3. The molecule has 0 saturated carbocycles. The van der Waals surface area contributed by atoms with Crippen LogP contribution in [0.3, 0.4) is 0 Å². The fourth-order valence-electron chi connectivity index (χ4n) is 1.12. The molecule has 1 aliphatic heterocycles. The summed E-state index contributed by atoms with van der Waals surface area (Å²) in [4.78, 5) is 25.7. The van der Waals surface area contributed by atoms with Crippen LogP contribution in [0.25, 0.3) is 0 Å². The molecule has 0 fully saturated rings. The van der Waals surface area contributed by atoms with Gasteiger partial charge in [0.15, 0.2) is 5.82 Å². The van der Waals surface area contributed by atoms with Gasteiger partial charge in [0.25, 0.3) is 11.8 Å². The van der Waals surface area contributed by atoms with E-state index in [2.05, 4.69) is 20.9 Å². The molecule has 0 saturated heterocycles. The van der Waals surface area contributed by atoms with Crippen molar-refractivity contribution in [2.45, 2.75) is 0 Å². The van der Waals surface area contributed by atoms with Crippen molar-refractivity contribution in [2.75, 3.05) is 0 Å². The second-order valence-corrected chi connectivity index (χ2v) is 3.18. The van der Waals surface area contributed by atoms with E-state index in [1.165, 1.54) is 0 Å². The van der Waals surface area contributed by atoms with Crippen molar-refractivity contribution >= 4 is 27.7 Å². The number of imide groups is 1. The quantitative estimate of drug-likeness (QED) is 0.544. The van der Waals surface area contributed by atoms with Gasteiger partial charge in [0, 0.05) is 0 Å². The van der Waals surface area contributed by atoms with Crippen LogP contribution in [-0.4, -0.2) is 16.8 Å². The molecule has 2 heterocycles. The Morgan fingerprint density at radius 3 is 2.54 bits per heavy atom. The molecule has 2 amide bonds. The maximum atomic E-state index is 13.0. The molecular formula is C7H2BrFN2O2. The number of amides is 2. The zero-order chi connectivity index (χ0) is 9.59. The molecule has 2 rings (SSSR count). The predicted molar refractivity (Wildman–Crippen MR) is 43.7 cm³/mol. The van der Waals surface area contributed by atoms with Crippen molar-refractivity contribution < 1.29 is 14.0 Å². The van der Waals surface area contributed by atoms with Crippen molar-refractivity contribution in [2.24, 2.45) is 0 Å². The summed E-state index contributed by atoms with van der Waals surface area (Å²) in [5, 5.41) is 1.98. The van der Waals surface area contributed by atoms with Gasteiger partial charge in [-0.3, -0.25) is 14.9 Å². The zero-order valence-corrected chi connectivity index (χ0v) is 7.68. The van der Waals surface area contributed by atoms with Gasteiger partial charge in [-0.15, -0.1) is 0 Å². The Hall–Kier alpha value is -1.30. The van der Waals surface area contributed by atoms with Crippen LogP contribution in [-0.2, 0) is 0 Å². The lowest BCUT2D eigenvalue weighted by molar-refractivity contribution is 0.0878. The highest BCUT2D eigenvalue weighted by Crippen LogP contribution is 2.24. The van der Waals surface area contributed by atoms with Gasteiger partial charge in [0.1, 0.15) is 4.60 Å². The molecule has 66 valence electrons. The number of rotatable bonds is 0. The minimum atomic E-state index is -0.790. The number of fused-ring (bicyclic) bond motifs is 1. The summed E-state index contributed by atoms with van der Waals surface area (Å²) >= 11 is 2.96. The van der Waals surface area contributed by atoms with Crippen LogP contribution in [0.15, 0.2) is 10.8 Å². The number of halogens is 2. The van der Waals surface area contributed by atoms with Crippen molar-refractivity contribution in [3.8, 4) is 0 Å². The Bertz CT molecular complexity index is 394. The molecular weight excluding hydrogens is 243 g/mol. The molecule has 0 bridgehead atoms. The van der Waals surface area contributed by atoms with E-state index in [9.17, 15) is 14.0 Å². The number of hydrogen-bond donors (Lipinski definition) is 1. The number of nitrogens with one attached hydrogen (secondary N) is 1. The average Bonchev–Trinajstić information content (AvgIpc) is 2.36. The van der Waals surface area contributed by atoms with Gasteiger partial charge in [-0.05, 0) is 15.9 Å².